The van der Waals surface area contributed by atoms with Gasteiger partial charge in [-0.15, -0.1) is 0 Å². The van der Waals surface area contributed by atoms with Gasteiger partial charge in [-0.25, -0.2) is 4.98 Å². The van der Waals surface area contributed by atoms with Gasteiger partial charge in [0.1, 0.15) is 5.69 Å². The molecule has 2 aromatic heterocycles. The maximum Gasteiger partial charge on any atom is 0.351 e. The highest BCUT2D eigenvalue weighted by atomic mass is 16.5. The number of nitrogens with one attached hydrogen (secondary N) is 5. The number of fused-ring (bicyclic) bond motifs is 1. The number of piperidine rings is 1. The molecule has 2 aromatic carbocycles. The fourth-order valence-electron chi connectivity index (χ4n) is 5.23. The summed E-state index contributed by atoms with van der Waals surface area (Å²) in [6.45, 7) is 5.67. The Morgan fingerprint density at radius 2 is 2.05 bits per heavy atom. The molecule has 4 aromatic rings. The summed E-state index contributed by atoms with van der Waals surface area (Å²) in [5, 5.41) is 10.3. The average molecular weight is 515 g/mol. The van der Waals surface area contributed by atoms with Crippen LogP contribution in [0.3, 0.4) is 0 Å². The molecule has 1 aliphatic rings. The summed E-state index contributed by atoms with van der Waals surface area (Å²) in [6, 6.07) is 15.7. The molecule has 0 spiro atoms. The van der Waals surface area contributed by atoms with Gasteiger partial charge >= 0.3 is 5.95 Å². The number of anilines is 4. The molecule has 1 saturated heterocycles. The molecule has 198 valence electrons. The molecule has 5 N–H and O–H groups in total. The highest BCUT2D eigenvalue weighted by Gasteiger charge is 2.23. The predicted molar refractivity (Wildman–Crippen MR) is 151 cm³/mol. The molecular formula is C29H36N7O2+. The highest BCUT2D eigenvalue weighted by Crippen LogP contribution is 2.34. The number of aromatic nitrogens is 3. The number of nitrogens with zero attached hydrogens (tertiary/aromatic N) is 2. The van der Waals surface area contributed by atoms with Crippen molar-refractivity contribution in [1.82, 2.24) is 20.2 Å². The van der Waals surface area contributed by atoms with Crippen LogP contribution in [0.5, 0.6) is 5.75 Å². The smallest absolute Gasteiger partial charge is 0.351 e. The molecule has 38 heavy (non-hydrogen) atoms. The van der Waals surface area contributed by atoms with Crippen LogP contribution in [0.4, 0.5) is 23.1 Å². The molecule has 1 atom stereocenters. The minimum atomic E-state index is -0.167. The first kappa shape index (κ1) is 25.5. The molecule has 3 heterocycles. The lowest BCUT2D eigenvalue weighted by molar-refractivity contribution is -0.333. The number of para-hydroxylation sites is 1. The van der Waals surface area contributed by atoms with Crippen LogP contribution in [0.2, 0.25) is 0 Å². The van der Waals surface area contributed by atoms with Crippen molar-refractivity contribution < 1.29 is 14.5 Å². The van der Waals surface area contributed by atoms with Crippen molar-refractivity contribution in [1.29, 1.82) is 0 Å². The van der Waals surface area contributed by atoms with Gasteiger partial charge in [0.05, 0.1) is 23.7 Å². The Bertz CT molecular complexity index is 1420. The Morgan fingerprint density at radius 1 is 1.18 bits per heavy atom. The lowest BCUT2D eigenvalue weighted by Crippen LogP contribution is -2.34. The van der Waals surface area contributed by atoms with Gasteiger partial charge in [0.25, 0.3) is 5.91 Å². The Hall–Kier alpha value is -4.11. The number of likely N-dealkylation sites (tertiary alicyclic amines) is 1. The molecule has 0 aliphatic carbocycles. The van der Waals surface area contributed by atoms with Crippen LogP contribution >= 0.6 is 0 Å². The highest BCUT2D eigenvalue weighted by molar-refractivity contribution is 6.01. The van der Waals surface area contributed by atoms with E-state index >= 15 is 0 Å². The summed E-state index contributed by atoms with van der Waals surface area (Å²) in [4.78, 5) is 26.3. The monoisotopic (exact) mass is 514 g/mol. The molecule has 1 aliphatic heterocycles. The zero-order chi connectivity index (χ0) is 26.5. The first-order valence-electron chi connectivity index (χ1n) is 13.3. The van der Waals surface area contributed by atoms with Crippen molar-refractivity contribution in [2.45, 2.75) is 32.1 Å². The number of carbonyl (C=O) groups excluding carboxylic acids is 1. The van der Waals surface area contributed by atoms with E-state index in [1.165, 1.54) is 31.4 Å². The number of aromatic amines is 2. The van der Waals surface area contributed by atoms with Crippen LogP contribution in [-0.4, -0.2) is 54.6 Å². The Balaban J connectivity index is 1.42. The summed E-state index contributed by atoms with van der Waals surface area (Å²) in [5.41, 5.74) is 4.14. The number of methoxy groups -OCH3 is 1. The van der Waals surface area contributed by atoms with Crippen molar-refractivity contribution in [3.8, 4) is 5.75 Å². The molecule has 0 radical (unpaired) electrons. The molecule has 9 nitrogen and oxygen atoms in total. The minimum Gasteiger partial charge on any atom is -0.493 e. The fourth-order valence-corrected chi connectivity index (χ4v) is 5.23. The second kappa shape index (κ2) is 11.5. The van der Waals surface area contributed by atoms with Crippen LogP contribution in [0.25, 0.3) is 11.0 Å². The van der Waals surface area contributed by atoms with E-state index in [0.717, 1.165) is 35.6 Å². The van der Waals surface area contributed by atoms with E-state index in [0.29, 0.717) is 28.9 Å². The molecule has 9 heteroatoms. The lowest BCUT2D eigenvalue weighted by Gasteiger charge is -2.33. The topological polar surface area (TPSA) is 108 Å². The summed E-state index contributed by atoms with van der Waals surface area (Å²) in [7, 11) is 3.32. The van der Waals surface area contributed by atoms with Gasteiger partial charge in [0, 0.05) is 19.8 Å². The standard InChI is InChI=1S/C29H35N7O2/c1-4-15-36-16-7-8-20(18-36)19-11-12-24(25(17-19)38-3)33-29-34-26-22(13-14-31-26)27(35-29)32-23-10-6-5-9-21(23)28(37)30-2/h5-6,9-14,17,20H,4,7-8,15-16,18H2,1-3H3,(H,30,37)(H3,31,32,33,34,35)/p+1. The van der Waals surface area contributed by atoms with Crippen LogP contribution < -0.4 is 25.7 Å². The zero-order valence-electron chi connectivity index (χ0n) is 22.2. The van der Waals surface area contributed by atoms with Crippen molar-refractivity contribution >= 4 is 40.1 Å². The van der Waals surface area contributed by atoms with Gasteiger partial charge in [0.2, 0.25) is 11.5 Å². The number of H-pyrrole nitrogens is 2. The van der Waals surface area contributed by atoms with Gasteiger partial charge in [-0.3, -0.25) is 15.1 Å². The van der Waals surface area contributed by atoms with Gasteiger partial charge in [0.15, 0.2) is 5.75 Å². The molecule has 0 saturated carbocycles. The Morgan fingerprint density at radius 3 is 2.87 bits per heavy atom. The van der Waals surface area contributed by atoms with Crippen molar-refractivity contribution in [3.05, 3.63) is 65.9 Å². The summed E-state index contributed by atoms with van der Waals surface area (Å²) >= 11 is 0. The molecule has 1 fully saturated rings. The van der Waals surface area contributed by atoms with E-state index in [1.54, 1.807) is 20.2 Å². The van der Waals surface area contributed by atoms with E-state index in [2.05, 4.69) is 55.9 Å². The van der Waals surface area contributed by atoms with E-state index in [-0.39, 0.29) is 5.91 Å². The maximum atomic E-state index is 12.4. The average Bonchev–Trinajstić information content (AvgIpc) is 3.42. The van der Waals surface area contributed by atoms with Crippen LogP contribution in [0.15, 0.2) is 54.7 Å². The summed E-state index contributed by atoms with van der Waals surface area (Å²) in [6.07, 6.45) is 5.45. The van der Waals surface area contributed by atoms with E-state index in [4.69, 9.17) is 9.72 Å². The predicted octanol–water partition coefficient (Wildman–Crippen LogP) is 4.82. The Labute approximate surface area is 223 Å². The van der Waals surface area contributed by atoms with Gasteiger partial charge in [-0.2, -0.15) is 0 Å². The second-order valence-corrected chi connectivity index (χ2v) is 9.67. The first-order chi connectivity index (χ1) is 18.6. The molecule has 1 unspecified atom stereocenters. The van der Waals surface area contributed by atoms with E-state index in [9.17, 15) is 4.79 Å². The number of amides is 1. The zero-order valence-corrected chi connectivity index (χ0v) is 22.2. The number of ether oxygens (including phenoxy) is 1. The van der Waals surface area contributed by atoms with E-state index in [1.807, 2.05) is 30.5 Å². The molecule has 1 amide bonds. The molecule has 5 rings (SSSR count). The SMILES string of the molecule is CCCN1CCCC(c2ccc(Nc3nc(Nc4ccccc4C(=O)NC)c4cc[nH]c4[nH+]3)c(OC)c2)C1. The van der Waals surface area contributed by atoms with Gasteiger partial charge < -0.3 is 20.3 Å². The molecule has 0 bridgehead atoms. The van der Waals surface area contributed by atoms with Crippen LogP contribution in [0.1, 0.15) is 48.0 Å². The lowest BCUT2D eigenvalue weighted by atomic mass is 9.90. The van der Waals surface area contributed by atoms with Crippen molar-refractivity contribution in [3.63, 3.8) is 0 Å². The fraction of sp³-hybridized carbons (Fsp3) is 0.345. The van der Waals surface area contributed by atoms with Crippen molar-refractivity contribution in [2.24, 2.45) is 0 Å². The maximum absolute atomic E-state index is 12.4. The van der Waals surface area contributed by atoms with Crippen molar-refractivity contribution in [2.75, 3.05) is 44.4 Å². The number of hydrogen-bond acceptors (Lipinski definition) is 6. The van der Waals surface area contributed by atoms with Crippen LogP contribution in [-0.2, 0) is 0 Å². The van der Waals surface area contributed by atoms with Gasteiger partial charge in [-0.05, 0) is 74.2 Å². The molecular weight excluding hydrogens is 478 g/mol. The summed E-state index contributed by atoms with van der Waals surface area (Å²) in [5.74, 6) is 2.27. The summed E-state index contributed by atoms with van der Waals surface area (Å²) < 4.78 is 5.79. The number of carbonyl (C=O) groups is 1. The largest absolute Gasteiger partial charge is 0.493 e. The third-order valence-electron chi connectivity index (χ3n) is 7.12. The number of benzene rings is 2. The number of rotatable bonds is 9. The van der Waals surface area contributed by atoms with E-state index < -0.39 is 0 Å². The Kier molecular flexibility index (Phi) is 7.74. The third-order valence-corrected chi connectivity index (χ3v) is 7.12. The number of hydrogen-bond donors (Lipinski definition) is 4. The van der Waals surface area contributed by atoms with Crippen LogP contribution in [0, 0.1) is 0 Å². The second-order valence-electron chi connectivity index (χ2n) is 9.67. The minimum absolute atomic E-state index is 0.167. The van der Waals surface area contributed by atoms with Gasteiger partial charge in [-0.1, -0.05) is 30.1 Å². The quantitative estimate of drug-likeness (QED) is 0.255. The first-order valence-corrected chi connectivity index (χ1v) is 13.3. The normalized spacial score (nSPS) is 15.8. The third kappa shape index (κ3) is 5.43.